The topological polar surface area (TPSA) is 87.5 Å². The van der Waals surface area contributed by atoms with Gasteiger partial charge in [-0.25, -0.2) is 4.79 Å². The molecule has 6 nitrogen and oxygen atoms in total. The maximum atomic E-state index is 11.6. The molecule has 0 aliphatic carbocycles. The van der Waals surface area contributed by atoms with Gasteiger partial charge >= 0.3 is 6.03 Å². The number of carbonyl (C=O) groups is 2. The zero-order valence-corrected chi connectivity index (χ0v) is 11.2. The van der Waals surface area contributed by atoms with Crippen molar-refractivity contribution in [3.63, 3.8) is 0 Å². The zero-order chi connectivity index (χ0) is 13.5. The first-order valence-electron chi connectivity index (χ1n) is 6.53. The maximum Gasteiger partial charge on any atom is 0.318 e. The van der Waals surface area contributed by atoms with Crippen molar-refractivity contribution in [3.8, 4) is 0 Å². The number of primary amides is 1. The summed E-state index contributed by atoms with van der Waals surface area (Å²) in [6.45, 7) is 4.66. The number of hydrogen-bond donors (Lipinski definition) is 3. The van der Waals surface area contributed by atoms with Gasteiger partial charge in [-0.05, 0) is 58.8 Å². The van der Waals surface area contributed by atoms with Gasteiger partial charge in [0, 0.05) is 0 Å². The summed E-state index contributed by atoms with van der Waals surface area (Å²) in [4.78, 5) is 24.4. The van der Waals surface area contributed by atoms with Crippen molar-refractivity contribution in [1.82, 2.24) is 15.5 Å². The van der Waals surface area contributed by atoms with E-state index < -0.39 is 6.03 Å². The van der Waals surface area contributed by atoms with Crippen LogP contribution in [-0.2, 0) is 4.79 Å². The Morgan fingerprint density at radius 3 is 2.50 bits per heavy atom. The Hall–Kier alpha value is -1.14. The summed E-state index contributed by atoms with van der Waals surface area (Å²) in [5, 5.41) is 5.29. The molecule has 4 N–H and O–H groups in total. The second-order valence-electron chi connectivity index (χ2n) is 4.90. The number of carbonyl (C=O) groups excluding carboxylic acids is 2. The molecular formula is C12H24N4O2. The lowest BCUT2D eigenvalue weighted by Gasteiger charge is -2.35. The first-order chi connectivity index (χ1) is 8.54. The SMILES string of the molecule is CNCCC1CCN(C(C)C(=O)NC(N)=O)CC1. The van der Waals surface area contributed by atoms with E-state index in [1.165, 1.54) is 6.42 Å². The molecule has 1 rings (SSSR count). The van der Waals surface area contributed by atoms with Crippen LogP contribution in [0.3, 0.4) is 0 Å². The molecule has 1 aliphatic heterocycles. The van der Waals surface area contributed by atoms with E-state index >= 15 is 0 Å². The molecule has 18 heavy (non-hydrogen) atoms. The van der Waals surface area contributed by atoms with Gasteiger partial charge in [-0.15, -0.1) is 0 Å². The van der Waals surface area contributed by atoms with E-state index in [-0.39, 0.29) is 11.9 Å². The number of nitrogens with two attached hydrogens (primary N) is 1. The number of nitrogens with one attached hydrogen (secondary N) is 2. The molecule has 3 amide bonds. The van der Waals surface area contributed by atoms with E-state index in [0.717, 1.165) is 38.4 Å². The van der Waals surface area contributed by atoms with Crippen LogP contribution in [0.4, 0.5) is 4.79 Å². The number of amides is 3. The lowest BCUT2D eigenvalue weighted by Crippen LogP contribution is -2.50. The van der Waals surface area contributed by atoms with Crippen LogP contribution in [0.25, 0.3) is 0 Å². The van der Waals surface area contributed by atoms with E-state index in [1.807, 2.05) is 14.0 Å². The molecule has 6 heteroatoms. The molecular weight excluding hydrogens is 232 g/mol. The Morgan fingerprint density at radius 1 is 1.39 bits per heavy atom. The van der Waals surface area contributed by atoms with Crippen LogP contribution in [0, 0.1) is 5.92 Å². The van der Waals surface area contributed by atoms with Gasteiger partial charge in [0.05, 0.1) is 6.04 Å². The quantitative estimate of drug-likeness (QED) is 0.640. The van der Waals surface area contributed by atoms with Crippen molar-refractivity contribution in [2.45, 2.75) is 32.2 Å². The molecule has 0 aromatic carbocycles. The molecule has 1 aliphatic rings. The molecule has 1 heterocycles. The predicted molar refractivity (Wildman–Crippen MR) is 70.0 cm³/mol. The lowest BCUT2D eigenvalue weighted by molar-refractivity contribution is -0.125. The van der Waals surface area contributed by atoms with Crippen molar-refractivity contribution < 1.29 is 9.59 Å². The van der Waals surface area contributed by atoms with Gasteiger partial charge in [0.1, 0.15) is 0 Å². The van der Waals surface area contributed by atoms with Crippen molar-refractivity contribution in [1.29, 1.82) is 0 Å². The van der Waals surface area contributed by atoms with Crippen LogP contribution < -0.4 is 16.4 Å². The highest BCUT2D eigenvalue weighted by Crippen LogP contribution is 2.21. The minimum atomic E-state index is -0.782. The van der Waals surface area contributed by atoms with Gasteiger partial charge in [-0.3, -0.25) is 15.0 Å². The monoisotopic (exact) mass is 256 g/mol. The van der Waals surface area contributed by atoms with Crippen molar-refractivity contribution in [3.05, 3.63) is 0 Å². The van der Waals surface area contributed by atoms with Crippen LogP contribution >= 0.6 is 0 Å². The fraction of sp³-hybridized carbons (Fsp3) is 0.833. The molecule has 1 saturated heterocycles. The summed E-state index contributed by atoms with van der Waals surface area (Å²) in [6, 6.07) is -1.07. The van der Waals surface area contributed by atoms with Crippen LogP contribution in [0.1, 0.15) is 26.2 Å². The molecule has 0 spiro atoms. The van der Waals surface area contributed by atoms with Crippen LogP contribution in [-0.4, -0.2) is 49.6 Å². The minimum absolute atomic E-state index is 0.289. The molecule has 0 aromatic heterocycles. The summed E-state index contributed by atoms with van der Waals surface area (Å²) < 4.78 is 0. The number of rotatable bonds is 5. The normalized spacial score (nSPS) is 19.4. The molecule has 0 aromatic rings. The van der Waals surface area contributed by atoms with Gasteiger partial charge in [0.15, 0.2) is 0 Å². The number of piperidine rings is 1. The highest BCUT2D eigenvalue weighted by molar-refractivity contribution is 5.96. The second kappa shape index (κ2) is 7.33. The van der Waals surface area contributed by atoms with E-state index in [1.54, 1.807) is 0 Å². The maximum absolute atomic E-state index is 11.6. The van der Waals surface area contributed by atoms with Crippen molar-refractivity contribution in [2.24, 2.45) is 11.7 Å². The van der Waals surface area contributed by atoms with E-state index in [0.29, 0.717) is 0 Å². The van der Waals surface area contributed by atoms with Gasteiger partial charge in [-0.2, -0.15) is 0 Å². The number of imide groups is 1. The number of likely N-dealkylation sites (tertiary alicyclic amines) is 1. The summed E-state index contributed by atoms with van der Waals surface area (Å²) in [5.74, 6) is 0.427. The Bertz CT molecular complexity index is 288. The van der Waals surface area contributed by atoms with E-state index in [9.17, 15) is 9.59 Å². The predicted octanol–water partition coefficient (Wildman–Crippen LogP) is -0.109. The average Bonchev–Trinajstić information content (AvgIpc) is 2.35. The lowest BCUT2D eigenvalue weighted by atomic mass is 9.93. The second-order valence-corrected chi connectivity index (χ2v) is 4.90. The smallest absolute Gasteiger partial charge is 0.318 e. The Balaban J connectivity index is 2.33. The fourth-order valence-corrected chi connectivity index (χ4v) is 2.37. The molecule has 1 unspecified atom stereocenters. The Labute approximate surface area is 108 Å². The summed E-state index contributed by atoms with van der Waals surface area (Å²) >= 11 is 0. The fourth-order valence-electron chi connectivity index (χ4n) is 2.37. The molecule has 0 radical (unpaired) electrons. The third-order valence-corrected chi connectivity index (χ3v) is 3.63. The minimum Gasteiger partial charge on any atom is -0.351 e. The van der Waals surface area contributed by atoms with E-state index in [4.69, 9.17) is 5.73 Å². The third kappa shape index (κ3) is 4.62. The van der Waals surface area contributed by atoms with E-state index in [2.05, 4.69) is 15.5 Å². The number of nitrogens with zero attached hydrogens (tertiary/aromatic N) is 1. The molecule has 104 valence electrons. The first-order valence-corrected chi connectivity index (χ1v) is 6.53. The Morgan fingerprint density at radius 2 is 2.00 bits per heavy atom. The van der Waals surface area contributed by atoms with Gasteiger partial charge in [-0.1, -0.05) is 0 Å². The van der Waals surface area contributed by atoms with Gasteiger partial charge < -0.3 is 11.1 Å². The van der Waals surface area contributed by atoms with Crippen molar-refractivity contribution >= 4 is 11.9 Å². The highest BCUT2D eigenvalue weighted by Gasteiger charge is 2.26. The highest BCUT2D eigenvalue weighted by atomic mass is 16.2. The largest absolute Gasteiger partial charge is 0.351 e. The number of hydrogen-bond acceptors (Lipinski definition) is 4. The average molecular weight is 256 g/mol. The summed E-state index contributed by atoms with van der Waals surface area (Å²) in [5.41, 5.74) is 4.94. The van der Waals surface area contributed by atoms with Gasteiger partial charge in [0.25, 0.3) is 0 Å². The first kappa shape index (κ1) is 14.9. The Kier molecular flexibility index (Phi) is 6.07. The standard InChI is InChI=1S/C12H24N4O2/c1-9(11(17)15-12(13)18)16-7-4-10(5-8-16)3-6-14-2/h9-10,14H,3-8H2,1-2H3,(H3,13,15,17,18). The summed E-state index contributed by atoms with van der Waals surface area (Å²) in [7, 11) is 1.96. The van der Waals surface area contributed by atoms with Crippen molar-refractivity contribution in [2.75, 3.05) is 26.7 Å². The molecule has 0 saturated carbocycles. The molecule has 1 fully saturated rings. The van der Waals surface area contributed by atoms with Gasteiger partial charge in [0.2, 0.25) is 5.91 Å². The zero-order valence-electron chi connectivity index (χ0n) is 11.2. The number of urea groups is 1. The van der Waals surface area contributed by atoms with Crippen LogP contribution in [0.5, 0.6) is 0 Å². The third-order valence-electron chi connectivity index (χ3n) is 3.63. The molecule has 0 bridgehead atoms. The molecule has 1 atom stereocenters. The van der Waals surface area contributed by atoms with Crippen LogP contribution in [0.15, 0.2) is 0 Å². The van der Waals surface area contributed by atoms with Crippen LogP contribution in [0.2, 0.25) is 0 Å². The summed E-state index contributed by atoms with van der Waals surface area (Å²) in [6.07, 6.45) is 3.40.